The van der Waals surface area contributed by atoms with E-state index in [4.69, 9.17) is 0 Å². The highest BCUT2D eigenvalue weighted by atomic mass is 16.1. The fourth-order valence-electron chi connectivity index (χ4n) is 4.01. The molecule has 0 aromatic carbocycles. The summed E-state index contributed by atoms with van der Waals surface area (Å²) in [5.41, 5.74) is -0.0840. The van der Waals surface area contributed by atoms with Gasteiger partial charge < -0.3 is 4.79 Å². The van der Waals surface area contributed by atoms with Crippen LogP contribution in [0.15, 0.2) is 0 Å². The minimum absolute atomic E-state index is 0.0840. The molecule has 2 rings (SSSR count). The summed E-state index contributed by atoms with van der Waals surface area (Å²) in [5.74, 6) is 0.922. The van der Waals surface area contributed by atoms with Gasteiger partial charge in [0.15, 0.2) is 0 Å². The van der Waals surface area contributed by atoms with Crippen molar-refractivity contribution >= 4 is 6.29 Å². The van der Waals surface area contributed by atoms with Crippen LogP contribution < -0.4 is 0 Å². The van der Waals surface area contributed by atoms with E-state index in [0.717, 1.165) is 31.3 Å². The number of carbonyl (C=O) groups is 1. The van der Waals surface area contributed by atoms with Crippen molar-refractivity contribution in [2.75, 3.05) is 13.1 Å². The van der Waals surface area contributed by atoms with Crippen molar-refractivity contribution in [3.05, 3.63) is 0 Å². The van der Waals surface area contributed by atoms with E-state index >= 15 is 0 Å². The number of fused-ring (bicyclic) bond motifs is 1. The van der Waals surface area contributed by atoms with Gasteiger partial charge in [0, 0.05) is 18.0 Å². The lowest BCUT2D eigenvalue weighted by Crippen LogP contribution is -2.51. The lowest BCUT2D eigenvalue weighted by Gasteiger charge is -2.47. The Balaban J connectivity index is 2.04. The molecule has 104 valence electrons. The van der Waals surface area contributed by atoms with Crippen molar-refractivity contribution < 1.29 is 4.79 Å². The average molecular weight is 251 g/mol. The van der Waals surface area contributed by atoms with E-state index in [-0.39, 0.29) is 5.41 Å². The summed E-state index contributed by atoms with van der Waals surface area (Å²) >= 11 is 0. The fraction of sp³-hybridized carbons (Fsp3) is 0.938. The zero-order valence-electron chi connectivity index (χ0n) is 12.2. The third-order valence-electron chi connectivity index (χ3n) is 5.53. The minimum Gasteiger partial charge on any atom is -0.303 e. The standard InChI is InChI=1S/C16H29NO/c1-3-16(4-2,13-18)12-17-11-7-9-14-8-5-6-10-15(14)17/h13-15H,3-12H2,1-2H3. The van der Waals surface area contributed by atoms with Crippen LogP contribution in [0.4, 0.5) is 0 Å². The van der Waals surface area contributed by atoms with Gasteiger partial charge >= 0.3 is 0 Å². The number of hydrogen-bond donors (Lipinski definition) is 0. The van der Waals surface area contributed by atoms with Crippen LogP contribution in [0.1, 0.15) is 65.2 Å². The molecule has 0 spiro atoms. The van der Waals surface area contributed by atoms with Gasteiger partial charge in [0.1, 0.15) is 6.29 Å². The first kappa shape index (κ1) is 14.0. The second-order valence-corrected chi connectivity index (χ2v) is 6.41. The van der Waals surface area contributed by atoms with Gasteiger partial charge in [0.05, 0.1) is 0 Å². The number of rotatable bonds is 5. The molecule has 2 aliphatic rings. The Kier molecular flexibility index (Phi) is 4.83. The molecule has 1 aliphatic heterocycles. The van der Waals surface area contributed by atoms with Crippen molar-refractivity contribution in [3.63, 3.8) is 0 Å². The molecule has 1 heterocycles. The normalized spacial score (nSPS) is 29.9. The Morgan fingerprint density at radius 1 is 1.11 bits per heavy atom. The van der Waals surface area contributed by atoms with E-state index in [2.05, 4.69) is 18.7 Å². The number of piperidine rings is 1. The van der Waals surface area contributed by atoms with Crippen LogP contribution in [-0.2, 0) is 4.79 Å². The molecular weight excluding hydrogens is 222 g/mol. The third-order valence-corrected chi connectivity index (χ3v) is 5.53. The Morgan fingerprint density at radius 3 is 2.44 bits per heavy atom. The SMILES string of the molecule is CCC(C=O)(CC)CN1CCCC2CCCCC21. The van der Waals surface area contributed by atoms with E-state index in [0.29, 0.717) is 0 Å². The highest BCUT2D eigenvalue weighted by Crippen LogP contribution is 2.37. The molecule has 0 bridgehead atoms. The van der Waals surface area contributed by atoms with Gasteiger partial charge in [-0.15, -0.1) is 0 Å². The third kappa shape index (κ3) is 2.79. The summed E-state index contributed by atoms with van der Waals surface area (Å²) in [7, 11) is 0. The maximum atomic E-state index is 11.5. The largest absolute Gasteiger partial charge is 0.303 e. The van der Waals surface area contributed by atoms with Gasteiger partial charge in [-0.2, -0.15) is 0 Å². The zero-order valence-corrected chi connectivity index (χ0v) is 12.2. The first-order chi connectivity index (χ1) is 8.74. The Bertz CT molecular complexity index is 270. The molecular formula is C16H29NO. The van der Waals surface area contributed by atoms with E-state index < -0.39 is 0 Å². The molecule has 0 N–H and O–H groups in total. The Morgan fingerprint density at radius 2 is 1.78 bits per heavy atom. The van der Waals surface area contributed by atoms with Gasteiger partial charge in [-0.3, -0.25) is 4.90 Å². The molecule has 2 unspecified atom stereocenters. The van der Waals surface area contributed by atoms with E-state index in [9.17, 15) is 4.79 Å². The van der Waals surface area contributed by atoms with Gasteiger partial charge in [-0.05, 0) is 51.0 Å². The molecule has 1 saturated carbocycles. The van der Waals surface area contributed by atoms with E-state index in [1.54, 1.807) is 0 Å². The molecule has 2 atom stereocenters. The number of carbonyl (C=O) groups excluding carboxylic acids is 1. The predicted octanol–water partition coefficient (Wildman–Crippen LogP) is 3.65. The Labute approximate surface area is 112 Å². The number of nitrogens with zero attached hydrogens (tertiary/aromatic N) is 1. The van der Waals surface area contributed by atoms with E-state index in [1.165, 1.54) is 51.4 Å². The first-order valence-corrected chi connectivity index (χ1v) is 7.95. The van der Waals surface area contributed by atoms with E-state index in [1.807, 2.05) is 0 Å². The lowest BCUT2D eigenvalue weighted by molar-refractivity contribution is -0.119. The maximum Gasteiger partial charge on any atom is 0.127 e. The average Bonchev–Trinajstić information content (AvgIpc) is 2.45. The first-order valence-electron chi connectivity index (χ1n) is 7.95. The summed E-state index contributed by atoms with van der Waals surface area (Å²) in [5, 5.41) is 0. The van der Waals surface area contributed by atoms with Gasteiger partial charge in [-0.1, -0.05) is 26.7 Å². The summed E-state index contributed by atoms with van der Waals surface area (Å²) in [6.45, 7) is 6.56. The van der Waals surface area contributed by atoms with Crippen molar-refractivity contribution in [2.24, 2.45) is 11.3 Å². The molecule has 0 aromatic heterocycles. The van der Waals surface area contributed by atoms with Crippen molar-refractivity contribution in [1.29, 1.82) is 0 Å². The molecule has 0 aromatic rings. The van der Waals surface area contributed by atoms with Crippen LogP contribution in [-0.4, -0.2) is 30.3 Å². The summed E-state index contributed by atoms with van der Waals surface area (Å²) in [4.78, 5) is 14.2. The van der Waals surface area contributed by atoms with Crippen LogP contribution in [0.2, 0.25) is 0 Å². The number of hydrogen-bond acceptors (Lipinski definition) is 2. The summed E-state index contributed by atoms with van der Waals surface area (Å²) in [6, 6.07) is 0.782. The Hall–Kier alpha value is -0.370. The highest BCUT2D eigenvalue weighted by molar-refractivity contribution is 5.59. The molecule has 0 radical (unpaired) electrons. The minimum atomic E-state index is -0.0840. The van der Waals surface area contributed by atoms with Crippen LogP contribution in [0.3, 0.4) is 0 Å². The highest BCUT2D eigenvalue weighted by Gasteiger charge is 2.37. The van der Waals surface area contributed by atoms with Crippen LogP contribution in [0, 0.1) is 11.3 Å². The second-order valence-electron chi connectivity index (χ2n) is 6.41. The number of likely N-dealkylation sites (tertiary alicyclic amines) is 1. The smallest absolute Gasteiger partial charge is 0.127 e. The fourth-order valence-corrected chi connectivity index (χ4v) is 4.01. The summed E-state index contributed by atoms with van der Waals surface area (Å²) in [6.07, 6.45) is 11.6. The molecule has 2 nitrogen and oxygen atoms in total. The van der Waals surface area contributed by atoms with Gasteiger partial charge in [0.2, 0.25) is 0 Å². The monoisotopic (exact) mass is 251 g/mol. The lowest BCUT2D eigenvalue weighted by atomic mass is 9.76. The van der Waals surface area contributed by atoms with Crippen LogP contribution in [0.5, 0.6) is 0 Å². The topological polar surface area (TPSA) is 20.3 Å². The summed E-state index contributed by atoms with van der Waals surface area (Å²) < 4.78 is 0. The molecule has 2 fully saturated rings. The van der Waals surface area contributed by atoms with Crippen LogP contribution in [0.25, 0.3) is 0 Å². The quantitative estimate of drug-likeness (QED) is 0.695. The second kappa shape index (κ2) is 6.18. The molecule has 0 amide bonds. The van der Waals surface area contributed by atoms with Gasteiger partial charge in [0.25, 0.3) is 0 Å². The molecule has 1 aliphatic carbocycles. The predicted molar refractivity (Wildman–Crippen MR) is 75.6 cm³/mol. The molecule has 18 heavy (non-hydrogen) atoms. The zero-order chi connectivity index (χ0) is 13.0. The van der Waals surface area contributed by atoms with Crippen LogP contribution >= 0.6 is 0 Å². The van der Waals surface area contributed by atoms with Crippen molar-refractivity contribution in [1.82, 2.24) is 4.90 Å². The molecule has 1 saturated heterocycles. The van der Waals surface area contributed by atoms with Crippen molar-refractivity contribution in [2.45, 2.75) is 71.3 Å². The number of aldehydes is 1. The van der Waals surface area contributed by atoms with Crippen molar-refractivity contribution in [3.8, 4) is 0 Å². The maximum absolute atomic E-state index is 11.5. The van der Waals surface area contributed by atoms with Gasteiger partial charge in [-0.25, -0.2) is 0 Å². The molecule has 2 heteroatoms.